The summed E-state index contributed by atoms with van der Waals surface area (Å²) in [6.45, 7) is 2.48. The topological polar surface area (TPSA) is 82.3 Å². The van der Waals surface area contributed by atoms with Gasteiger partial charge in [0.1, 0.15) is 11.6 Å². The number of aromatic hydroxyl groups is 1. The molecule has 2 N–H and O–H groups in total. The molecule has 0 bridgehead atoms. The maximum absolute atomic E-state index is 12.2. The van der Waals surface area contributed by atoms with Crippen LogP contribution in [0.25, 0.3) is 6.08 Å². The Labute approximate surface area is 151 Å². The van der Waals surface area contributed by atoms with Gasteiger partial charge in [0.05, 0.1) is 6.61 Å². The number of hydrogen-bond acceptors (Lipinski definition) is 4. The van der Waals surface area contributed by atoms with Crippen molar-refractivity contribution in [1.82, 2.24) is 5.32 Å². The quantitative estimate of drug-likeness (QED) is 0.611. The molecule has 6 heteroatoms. The van der Waals surface area contributed by atoms with E-state index in [-0.39, 0.29) is 17.9 Å². The summed E-state index contributed by atoms with van der Waals surface area (Å²) in [4.78, 5) is 12.2. The summed E-state index contributed by atoms with van der Waals surface area (Å²) in [5.41, 5.74) is 1.42. The molecule has 0 unspecified atom stereocenters. The largest absolute Gasteiger partial charge is 0.504 e. The Kier molecular flexibility index (Phi) is 6.44. The summed E-state index contributed by atoms with van der Waals surface area (Å²) >= 11 is 5.82. The molecule has 128 valence electrons. The number of halogens is 1. The Morgan fingerprint density at radius 3 is 2.68 bits per heavy atom. The Bertz CT molecular complexity index is 824. The van der Waals surface area contributed by atoms with Crippen molar-refractivity contribution >= 4 is 23.6 Å². The predicted octanol–water partition coefficient (Wildman–Crippen LogP) is 3.67. The second kappa shape index (κ2) is 8.76. The molecule has 0 atom stereocenters. The molecule has 0 fully saturated rings. The number of phenols is 1. The van der Waals surface area contributed by atoms with Crippen molar-refractivity contribution in [3.8, 4) is 17.6 Å². The van der Waals surface area contributed by atoms with Crippen LogP contribution in [0.5, 0.6) is 11.5 Å². The number of ether oxygens (including phenoxy) is 1. The second-order valence-corrected chi connectivity index (χ2v) is 5.58. The van der Waals surface area contributed by atoms with Crippen molar-refractivity contribution < 1.29 is 14.6 Å². The molecular formula is C19H17ClN2O3. The SMILES string of the molecule is CCOc1cc(/C=C(\C#N)C(=O)NCc2ccc(Cl)cc2)ccc1O. The molecule has 0 aliphatic rings. The van der Waals surface area contributed by atoms with Crippen LogP contribution in [0.2, 0.25) is 5.02 Å². The van der Waals surface area contributed by atoms with Gasteiger partial charge in [-0.2, -0.15) is 5.26 Å². The summed E-state index contributed by atoms with van der Waals surface area (Å²) in [7, 11) is 0. The molecule has 1 amide bonds. The fraction of sp³-hybridized carbons (Fsp3) is 0.158. The van der Waals surface area contributed by atoms with Gasteiger partial charge in [-0.1, -0.05) is 29.8 Å². The third-order valence-electron chi connectivity index (χ3n) is 3.33. The van der Waals surface area contributed by atoms with Crippen molar-refractivity contribution in [1.29, 1.82) is 5.26 Å². The number of nitrogens with zero attached hydrogens (tertiary/aromatic N) is 1. The highest BCUT2D eigenvalue weighted by Crippen LogP contribution is 2.27. The number of benzene rings is 2. The summed E-state index contributed by atoms with van der Waals surface area (Å²) in [5.74, 6) is -0.178. The molecular weight excluding hydrogens is 340 g/mol. The molecule has 5 nitrogen and oxygen atoms in total. The third-order valence-corrected chi connectivity index (χ3v) is 3.58. The maximum atomic E-state index is 12.2. The first-order valence-corrected chi connectivity index (χ1v) is 8.01. The van der Waals surface area contributed by atoms with Crippen LogP contribution in [0.3, 0.4) is 0 Å². The van der Waals surface area contributed by atoms with Gasteiger partial charge in [-0.25, -0.2) is 0 Å². The van der Waals surface area contributed by atoms with Crippen LogP contribution in [0.4, 0.5) is 0 Å². The minimum Gasteiger partial charge on any atom is -0.504 e. The number of rotatable bonds is 6. The van der Waals surface area contributed by atoms with Crippen LogP contribution in [-0.4, -0.2) is 17.6 Å². The van der Waals surface area contributed by atoms with Gasteiger partial charge in [0.25, 0.3) is 5.91 Å². The number of phenolic OH excluding ortho intramolecular Hbond substituents is 1. The molecule has 0 aliphatic heterocycles. The summed E-state index contributed by atoms with van der Waals surface area (Å²) < 4.78 is 5.29. The normalized spacial score (nSPS) is 10.8. The van der Waals surface area contributed by atoms with E-state index in [1.165, 1.54) is 12.1 Å². The molecule has 0 aromatic heterocycles. The first-order chi connectivity index (χ1) is 12.0. The number of nitrogens with one attached hydrogen (secondary N) is 1. The Morgan fingerprint density at radius 2 is 2.04 bits per heavy atom. The van der Waals surface area contributed by atoms with Crippen LogP contribution in [0.15, 0.2) is 48.0 Å². The van der Waals surface area contributed by atoms with E-state index >= 15 is 0 Å². The highest BCUT2D eigenvalue weighted by Gasteiger charge is 2.10. The Balaban J connectivity index is 2.11. The van der Waals surface area contributed by atoms with Crippen molar-refractivity contribution in [2.24, 2.45) is 0 Å². The van der Waals surface area contributed by atoms with Gasteiger partial charge < -0.3 is 15.2 Å². The molecule has 0 spiro atoms. The van der Waals surface area contributed by atoms with E-state index in [4.69, 9.17) is 16.3 Å². The van der Waals surface area contributed by atoms with Crippen molar-refractivity contribution in [2.45, 2.75) is 13.5 Å². The minimum absolute atomic E-state index is 0.00435. The Hall–Kier alpha value is -2.97. The molecule has 2 aromatic carbocycles. The van der Waals surface area contributed by atoms with Gasteiger partial charge >= 0.3 is 0 Å². The highest BCUT2D eigenvalue weighted by molar-refractivity contribution is 6.30. The lowest BCUT2D eigenvalue weighted by Gasteiger charge is -2.07. The fourth-order valence-electron chi connectivity index (χ4n) is 2.09. The minimum atomic E-state index is -0.483. The van der Waals surface area contributed by atoms with Crippen molar-refractivity contribution in [3.05, 3.63) is 64.2 Å². The average Bonchev–Trinajstić information content (AvgIpc) is 2.61. The molecule has 0 saturated carbocycles. The monoisotopic (exact) mass is 356 g/mol. The zero-order chi connectivity index (χ0) is 18.2. The number of amides is 1. The van der Waals surface area contributed by atoms with Gasteiger partial charge in [0.15, 0.2) is 11.5 Å². The van der Waals surface area contributed by atoms with Gasteiger partial charge in [-0.15, -0.1) is 0 Å². The first kappa shape index (κ1) is 18.4. The second-order valence-electron chi connectivity index (χ2n) is 5.14. The number of hydrogen-bond donors (Lipinski definition) is 2. The van der Waals surface area contributed by atoms with E-state index in [0.29, 0.717) is 22.9 Å². The molecule has 2 rings (SSSR count). The van der Waals surface area contributed by atoms with Crippen LogP contribution < -0.4 is 10.1 Å². The average molecular weight is 357 g/mol. The molecule has 0 saturated heterocycles. The molecule has 2 aromatic rings. The summed E-state index contributed by atoms with van der Waals surface area (Å²) in [5, 5.41) is 22.2. The van der Waals surface area contributed by atoms with E-state index in [1.54, 1.807) is 43.3 Å². The van der Waals surface area contributed by atoms with Gasteiger partial charge in [-0.05, 0) is 48.4 Å². The van der Waals surface area contributed by atoms with Gasteiger partial charge in [0.2, 0.25) is 0 Å². The van der Waals surface area contributed by atoms with E-state index in [2.05, 4.69) is 5.32 Å². The summed E-state index contributed by atoms with van der Waals surface area (Å²) in [6.07, 6.45) is 1.44. The molecule has 25 heavy (non-hydrogen) atoms. The lowest BCUT2D eigenvalue weighted by Crippen LogP contribution is -2.23. The highest BCUT2D eigenvalue weighted by atomic mass is 35.5. The maximum Gasteiger partial charge on any atom is 0.262 e. The van der Waals surface area contributed by atoms with Crippen molar-refractivity contribution in [2.75, 3.05) is 6.61 Å². The van der Waals surface area contributed by atoms with Gasteiger partial charge in [-0.3, -0.25) is 4.79 Å². The zero-order valence-electron chi connectivity index (χ0n) is 13.6. The number of carbonyl (C=O) groups excluding carboxylic acids is 1. The first-order valence-electron chi connectivity index (χ1n) is 7.63. The zero-order valence-corrected chi connectivity index (χ0v) is 14.4. The lowest BCUT2D eigenvalue weighted by molar-refractivity contribution is -0.117. The van der Waals surface area contributed by atoms with Crippen LogP contribution in [-0.2, 0) is 11.3 Å². The van der Waals surface area contributed by atoms with Crippen LogP contribution in [0.1, 0.15) is 18.1 Å². The van der Waals surface area contributed by atoms with Crippen LogP contribution in [0, 0.1) is 11.3 Å². The Morgan fingerprint density at radius 1 is 1.32 bits per heavy atom. The van der Waals surface area contributed by atoms with Crippen molar-refractivity contribution in [3.63, 3.8) is 0 Å². The fourth-order valence-corrected chi connectivity index (χ4v) is 2.21. The molecule has 0 heterocycles. The van der Waals surface area contributed by atoms with Gasteiger partial charge in [0, 0.05) is 11.6 Å². The van der Waals surface area contributed by atoms with E-state index in [1.807, 2.05) is 6.07 Å². The molecule has 0 aliphatic carbocycles. The number of carbonyl (C=O) groups is 1. The predicted molar refractivity (Wildman–Crippen MR) is 96.2 cm³/mol. The van der Waals surface area contributed by atoms with E-state index < -0.39 is 5.91 Å². The smallest absolute Gasteiger partial charge is 0.262 e. The summed E-state index contributed by atoms with van der Waals surface area (Å²) in [6, 6.07) is 13.6. The van der Waals surface area contributed by atoms with Crippen LogP contribution >= 0.6 is 11.6 Å². The molecule has 0 radical (unpaired) electrons. The van der Waals surface area contributed by atoms with E-state index in [9.17, 15) is 15.2 Å². The standard InChI is InChI=1S/C19H17ClN2O3/c1-2-25-18-10-14(5-8-17(18)23)9-15(11-21)19(24)22-12-13-3-6-16(20)7-4-13/h3-10,23H,2,12H2,1H3,(H,22,24)/b15-9+. The van der Waals surface area contributed by atoms with E-state index in [0.717, 1.165) is 5.56 Å². The lowest BCUT2D eigenvalue weighted by atomic mass is 10.1. The third kappa shape index (κ3) is 5.27. The number of nitriles is 1.